The Morgan fingerprint density at radius 1 is 0.667 bits per heavy atom. The third-order valence-corrected chi connectivity index (χ3v) is 10.1. The van der Waals surface area contributed by atoms with Crippen LogP contribution in [0.3, 0.4) is 0 Å². The van der Waals surface area contributed by atoms with Crippen LogP contribution in [0.1, 0.15) is 17.4 Å². The average molecular weight is 636 g/mol. The maximum Gasteiger partial charge on any atom is 0.221 e. The van der Waals surface area contributed by atoms with Gasteiger partial charge in [-0.25, -0.2) is 15.0 Å². The maximum absolute atomic E-state index is 5.19. The molecule has 0 amide bonds. The highest BCUT2D eigenvalue weighted by atomic mass is 32.1. The molecule has 0 saturated carbocycles. The molecule has 0 unspecified atom stereocenters. The maximum atomic E-state index is 5.19. The molecule has 0 radical (unpaired) electrons. The van der Waals surface area contributed by atoms with Crippen molar-refractivity contribution in [2.45, 2.75) is 6.92 Å². The predicted molar refractivity (Wildman–Crippen MR) is 202 cm³/mol. The number of imidazole rings is 2. The summed E-state index contributed by atoms with van der Waals surface area (Å²) in [5.41, 5.74) is 10.4. The van der Waals surface area contributed by atoms with Gasteiger partial charge in [-0.2, -0.15) is 0 Å². The van der Waals surface area contributed by atoms with Gasteiger partial charge < -0.3 is 0 Å². The summed E-state index contributed by atoms with van der Waals surface area (Å²) < 4.78 is 5.68. The molecule has 0 atom stereocenters. The number of benzene rings is 5. The fraction of sp³-hybridized carbons (Fsp3) is 0.0238. The highest BCUT2D eigenvalue weighted by Gasteiger charge is 2.21. The van der Waals surface area contributed by atoms with Gasteiger partial charge in [0.1, 0.15) is 5.82 Å². The number of hydrogen-bond acceptors (Lipinski definition) is 4. The molecule has 0 fully saturated rings. The Hall–Kier alpha value is -6.11. The van der Waals surface area contributed by atoms with Gasteiger partial charge in [0, 0.05) is 32.2 Å². The summed E-state index contributed by atoms with van der Waals surface area (Å²) in [7, 11) is 0. The van der Waals surface area contributed by atoms with Crippen molar-refractivity contribution in [3.05, 3.63) is 150 Å². The first-order valence-corrected chi connectivity index (χ1v) is 16.8. The van der Waals surface area contributed by atoms with Gasteiger partial charge in [0.15, 0.2) is 5.82 Å². The minimum absolute atomic E-state index is 0.666. The summed E-state index contributed by atoms with van der Waals surface area (Å²) in [5, 5.41) is 1.22. The van der Waals surface area contributed by atoms with Crippen molar-refractivity contribution in [1.29, 1.82) is 0 Å². The molecule has 0 aliphatic heterocycles. The Kier molecular flexibility index (Phi) is 6.62. The number of rotatable bonds is 6. The zero-order chi connectivity index (χ0) is 32.2. The number of thiophene rings is 1. The monoisotopic (exact) mass is 635 g/mol. The van der Waals surface area contributed by atoms with E-state index >= 15 is 0 Å². The third kappa shape index (κ3) is 4.42. The summed E-state index contributed by atoms with van der Waals surface area (Å²) in [4.78, 5) is 16.6. The highest BCUT2D eigenvalue weighted by molar-refractivity contribution is 7.20. The number of fused-ring (bicyclic) bond motifs is 6. The average Bonchev–Trinajstić information content (AvgIpc) is 3.80. The third-order valence-electron chi connectivity index (χ3n) is 8.86. The van der Waals surface area contributed by atoms with E-state index in [-0.39, 0.29) is 0 Å². The van der Waals surface area contributed by atoms with Crippen LogP contribution >= 0.6 is 11.3 Å². The molecule has 228 valence electrons. The zero-order valence-electron chi connectivity index (χ0n) is 26.2. The number of nitrogens with zero attached hydrogens (tertiary/aromatic N) is 5. The minimum atomic E-state index is 0.666. The molecule has 5 aromatic carbocycles. The first-order chi connectivity index (χ1) is 23.7. The number of para-hydroxylation sites is 2. The Morgan fingerprint density at radius 2 is 1.44 bits per heavy atom. The molecule has 5 nitrogen and oxygen atoms in total. The Labute approximate surface area is 281 Å². The fourth-order valence-electron chi connectivity index (χ4n) is 6.69. The van der Waals surface area contributed by atoms with Crippen LogP contribution < -0.4 is 0 Å². The zero-order valence-corrected chi connectivity index (χ0v) is 27.0. The van der Waals surface area contributed by atoms with Gasteiger partial charge >= 0.3 is 0 Å². The van der Waals surface area contributed by atoms with E-state index in [0.29, 0.717) is 5.82 Å². The summed E-state index contributed by atoms with van der Waals surface area (Å²) in [6.45, 7) is 6.18. The van der Waals surface area contributed by atoms with Crippen molar-refractivity contribution in [3.8, 4) is 39.6 Å². The highest BCUT2D eigenvalue weighted by Crippen LogP contribution is 2.41. The van der Waals surface area contributed by atoms with Crippen molar-refractivity contribution in [2.75, 3.05) is 0 Å². The molecule has 0 spiro atoms. The molecule has 0 bridgehead atoms. The van der Waals surface area contributed by atoms with Crippen LogP contribution in [0.5, 0.6) is 0 Å². The van der Waals surface area contributed by atoms with E-state index in [1.165, 1.54) is 26.1 Å². The topological polar surface area (TPSA) is 48.0 Å². The molecule has 4 heterocycles. The summed E-state index contributed by atoms with van der Waals surface area (Å²) in [6.07, 6.45) is 6.23. The summed E-state index contributed by atoms with van der Waals surface area (Å²) >= 11 is 1.81. The summed E-state index contributed by atoms with van der Waals surface area (Å²) in [6, 6.07) is 44.1. The van der Waals surface area contributed by atoms with Gasteiger partial charge in [-0.15, -0.1) is 11.3 Å². The Balaban J connectivity index is 1.34. The van der Waals surface area contributed by atoms with Crippen LogP contribution in [0.15, 0.2) is 140 Å². The number of hydrogen-bond donors (Lipinski definition) is 0. The second-order valence-electron chi connectivity index (χ2n) is 11.7. The van der Waals surface area contributed by atoms with Crippen LogP contribution in [0.2, 0.25) is 0 Å². The molecular weight excluding hydrogens is 607 g/mol. The SMILES string of the molecule is C=Cc1c(/C=C\C)sc2c(-c3ccc4c(c3)n3c5ccccc5nc3n4-c3cc(-c4ccccc4)nc(-c4ccccc4)n3)cccc12. The van der Waals surface area contributed by atoms with Gasteiger partial charge in [0.05, 0.1) is 27.8 Å². The van der Waals surface area contributed by atoms with Gasteiger partial charge in [-0.1, -0.05) is 116 Å². The van der Waals surface area contributed by atoms with E-state index < -0.39 is 0 Å². The van der Waals surface area contributed by atoms with E-state index in [0.717, 1.165) is 56.0 Å². The Bertz CT molecular complexity index is 2640. The lowest BCUT2D eigenvalue weighted by molar-refractivity contribution is 1.02. The van der Waals surface area contributed by atoms with Crippen LogP contribution in [0.4, 0.5) is 0 Å². The van der Waals surface area contributed by atoms with E-state index in [1.54, 1.807) is 0 Å². The Morgan fingerprint density at radius 3 is 2.23 bits per heavy atom. The normalized spacial score (nSPS) is 11.9. The van der Waals surface area contributed by atoms with Crippen LogP contribution in [0, 0.1) is 0 Å². The lowest BCUT2D eigenvalue weighted by atomic mass is 10.0. The largest absolute Gasteiger partial charge is 0.276 e. The van der Waals surface area contributed by atoms with Gasteiger partial charge in [-0.05, 0) is 54.0 Å². The van der Waals surface area contributed by atoms with Crippen molar-refractivity contribution >= 4 is 61.4 Å². The molecule has 4 aromatic heterocycles. The quantitative estimate of drug-likeness (QED) is 0.183. The predicted octanol–water partition coefficient (Wildman–Crippen LogP) is 11.1. The van der Waals surface area contributed by atoms with Crippen LogP contribution in [-0.2, 0) is 0 Å². The standard InChI is InChI=1S/C42H29N5S/c1-3-14-38-30(4-2)32-20-13-19-31(40(32)48-38)29-23-24-36-37(25-29)46-35-22-12-11-21-33(35)44-42(46)47(36)39-26-34(27-15-7-5-8-16-27)43-41(45-39)28-17-9-6-10-18-28/h3-26H,2H2,1H3/b14-3-. The molecule has 0 aliphatic rings. The molecule has 48 heavy (non-hydrogen) atoms. The van der Waals surface area contributed by atoms with Crippen molar-refractivity contribution in [2.24, 2.45) is 0 Å². The molecule has 6 heteroatoms. The van der Waals surface area contributed by atoms with Gasteiger partial charge in [0.25, 0.3) is 0 Å². The smallest absolute Gasteiger partial charge is 0.221 e. The van der Waals surface area contributed by atoms with E-state index in [1.807, 2.05) is 59.9 Å². The van der Waals surface area contributed by atoms with Crippen LogP contribution in [0.25, 0.3) is 89.7 Å². The van der Waals surface area contributed by atoms with Crippen LogP contribution in [-0.4, -0.2) is 23.9 Å². The number of aromatic nitrogens is 5. The lowest BCUT2D eigenvalue weighted by Crippen LogP contribution is -2.03. The molecule has 0 N–H and O–H groups in total. The van der Waals surface area contributed by atoms with Crippen molar-refractivity contribution in [1.82, 2.24) is 23.9 Å². The molecular formula is C42H29N5S. The number of allylic oxidation sites excluding steroid dienone is 1. The van der Waals surface area contributed by atoms with E-state index in [2.05, 4.69) is 120 Å². The second-order valence-corrected chi connectivity index (χ2v) is 12.8. The summed E-state index contributed by atoms with van der Waals surface area (Å²) in [5.74, 6) is 2.23. The fourth-order valence-corrected chi connectivity index (χ4v) is 8.00. The van der Waals surface area contributed by atoms with E-state index in [4.69, 9.17) is 15.0 Å². The minimum Gasteiger partial charge on any atom is -0.276 e. The first kappa shape index (κ1) is 28.1. The molecule has 0 aliphatic carbocycles. The van der Waals surface area contributed by atoms with Gasteiger partial charge in [0.2, 0.25) is 5.78 Å². The lowest BCUT2D eigenvalue weighted by Gasteiger charge is -2.11. The molecule has 0 saturated heterocycles. The van der Waals surface area contributed by atoms with Gasteiger partial charge in [-0.3, -0.25) is 8.97 Å². The van der Waals surface area contributed by atoms with Crippen molar-refractivity contribution < 1.29 is 0 Å². The van der Waals surface area contributed by atoms with Crippen molar-refractivity contribution in [3.63, 3.8) is 0 Å². The first-order valence-electron chi connectivity index (χ1n) is 15.9. The molecule has 9 aromatic rings. The van der Waals surface area contributed by atoms with E-state index in [9.17, 15) is 0 Å². The second kappa shape index (κ2) is 11.3. The molecule has 9 rings (SSSR count).